The van der Waals surface area contributed by atoms with E-state index in [-0.39, 0.29) is 11.8 Å². The van der Waals surface area contributed by atoms with E-state index >= 15 is 0 Å². The number of aliphatic imine (C=N–C) groups is 1. The van der Waals surface area contributed by atoms with Crippen molar-refractivity contribution in [1.29, 1.82) is 0 Å². The second kappa shape index (κ2) is 6.34. The van der Waals surface area contributed by atoms with E-state index in [1.807, 2.05) is 36.4 Å². The Hall–Kier alpha value is -3.06. The molecule has 0 aliphatic carbocycles. The first-order valence-corrected chi connectivity index (χ1v) is 8.98. The molecular formula is C19H16N4O2S. The lowest BCUT2D eigenvalue weighted by molar-refractivity contribution is -0.116. The maximum atomic E-state index is 12.4. The highest BCUT2D eigenvalue weighted by Crippen LogP contribution is 2.39. The van der Waals surface area contributed by atoms with Crippen molar-refractivity contribution < 1.29 is 9.59 Å². The topological polar surface area (TPSA) is 74.7 Å². The molecule has 1 aliphatic rings. The zero-order chi connectivity index (χ0) is 18.3. The van der Waals surface area contributed by atoms with Gasteiger partial charge in [-0.15, -0.1) is 11.3 Å². The zero-order valence-electron chi connectivity index (χ0n) is 14.3. The number of nitrogens with one attached hydrogen (secondary N) is 1. The minimum absolute atomic E-state index is 0.0333. The summed E-state index contributed by atoms with van der Waals surface area (Å²) in [6, 6.07) is 11.1. The van der Waals surface area contributed by atoms with Crippen molar-refractivity contribution in [3.63, 3.8) is 0 Å². The molecule has 1 aliphatic heterocycles. The Morgan fingerprint density at radius 2 is 2.04 bits per heavy atom. The Kier molecular flexibility index (Phi) is 4.00. The third kappa shape index (κ3) is 2.76. The first-order chi connectivity index (χ1) is 12.5. The van der Waals surface area contributed by atoms with Gasteiger partial charge in [-0.3, -0.25) is 14.6 Å². The number of carbonyl (C=O) groups excluding carboxylic acids is 2. The number of fused-ring (bicyclic) bond motifs is 3. The summed E-state index contributed by atoms with van der Waals surface area (Å²) in [5, 5.41) is 2.91. The average molecular weight is 364 g/mol. The van der Waals surface area contributed by atoms with E-state index in [9.17, 15) is 9.59 Å². The summed E-state index contributed by atoms with van der Waals surface area (Å²) < 4.78 is 1.01. The van der Waals surface area contributed by atoms with Gasteiger partial charge < -0.3 is 10.2 Å². The molecule has 0 spiro atoms. The quantitative estimate of drug-likeness (QED) is 0.720. The zero-order valence-corrected chi connectivity index (χ0v) is 15.1. The third-order valence-electron chi connectivity index (χ3n) is 4.47. The molecule has 0 bridgehead atoms. The second-order valence-electron chi connectivity index (χ2n) is 6.07. The van der Waals surface area contributed by atoms with E-state index in [2.05, 4.69) is 15.3 Å². The van der Waals surface area contributed by atoms with Crippen LogP contribution in [0.1, 0.15) is 18.4 Å². The number of rotatable bonds is 3. The number of anilines is 2. The summed E-state index contributed by atoms with van der Waals surface area (Å²) in [6.07, 6.45) is 1.67. The molecule has 0 fully saturated rings. The van der Waals surface area contributed by atoms with Crippen LogP contribution in [0.4, 0.5) is 17.1 Å². The molecule has 1 N–H and O–H groups in total. The van der Waals surface area contributed by atoms with Crippen molar-refractivity contribution >= 4 is 56.6 Å². The smallest absolute Gasteiger partial charge is 0.237 e. The molecule has 130 valence electrons. The molecule has 0 saturated heterocycles. The van der Waals surface area contributed by atoms with Crippen molar-refractivity contribution in [3.05, 3.63) is 47.5 Å². The van der Waals surface area contributed by atoms with Gasteiger partial charge in [-0.25, -0.2) is 4.98 Å². The van der Waals surface area contributed by atoms with Crippen molar-refractivity contribution in [2.24, 2.45) is 4.99 Å². The third-order valence-corrected chi connectivity index (χ3v) is 5.35. The molecule has 26 heavy (non-hydrogen) atoms. The standard InChI is InChI=1S/C19H16N4O2S/c1-11(24)23(2)13-5-3-12(4-6-13)20-9-14-17-15(22-19(14)25)7-8-16-18(17)26-10-21-16/h3-10,14H,1-2H3,(H,22,25). The SMILES string of the molecule is CC(=O)N(C)c1ccc(N=CC2C(=O)Nc3ccc4ncsc4c32)cc1. The van der Waals surface area contributed by atoms with E-state index in [1.54, 1.807) is 23.7 Å². The van der Waals surface area contributed by atoms with Crippen molar-refractivity contribution in [1.82, 2.24) is 4.98 Å². The normalized spacial score (nSPS) is 16.1. The van der Waals surface area contributed by atoms with Crippen molar-refractivity contribution in [2.75, 3.05) is 17.3 Å². The van der Waals surface area contributed by atoms with Gasteiger partial charge in [0.05, 0.1) is 21.4 Å². The molecule has 0 saturated carbocycles. The predicted molar refractivity (Wildman–Crippen MR) is 105 cm³/mol. The number of hydrogen-bond donors (Lipinski definition) is 1. The van der Waals surface area contributed by atoms with Gasteiger partial charge in [-0.1, -0.05) is 0 Å². The van der Waals surface area contributed by atoms with Crippen LogP contribution < -0.4 is 10.2 Å². The molecule has 1 atom stereocenters. The van der Waals surface area contributed by atoms with E-state index in [4.69, 9.17) is 0 Å². The molecule has 3 aromatic rings. The molecule has 4 rings (SSSR count). The minimum atomic E-state index is -0.436. The highest BCUT2D eigenvalue weighted by molar-refractivity contribution is 7.17. The summed E-state index contributed by atoms with van der Waals surface area (Å²) in [5.41, 5.74) is 5.95. The van der Waals surface area contributed by atoms with Crippen molar-refractivity contribution in [2.45, 2.75) is 12.8 Å². The van der Waals surface area contributed by atoms with E-state index in [0.29, 0.717) is 0 Å². The molecule has 2 aromatic carbocycles. The van der Waals surface area contributed by atoms with Gasteiger partial charge in [0.25, 0.3) is 0 Å². The number of carbonyl (C=O) groups is 2. The van der Waals surface area contributed by atoms with Crippen LogP contribution >= 0.6 is 11.3 Å². The van der Waals surface area contributed by atoms with Gasteiger partial charge in [0.15, 0.2) is 0 Å². The highest BCUT2D eigenvalue weighted by Gasteiger charge is 2.31. The number of thiazole rings is 1. The molecular weight excluding hydrogens is 348 g/mol. The lowest BCUT2D eigenvalue weighted by Crippen LogP contribution is -2.22. The molecule has 1 aromatic heterocycles. The van der Waals surface area contributed by atoms with Gasteiger partial charge in [0.2, 0.25) is 11.8 Å². The largest absolute Gasteiger partial charge is 0.325 e. The maximum Gasteiger partial charge on any atom is 0.237 e. The lowest BCUT2D eigenvalue weighted by Gasteiger charge is -2.14. The first-order valence-electron chi connectivity index (χ1n) is 8.10. The van der Waals surface area contributed by atoms with Crippen molar-refractivity contribution in [3.8, 4) is 0 Å². The van der Waals surface area contributed by atoms with E-state index in [0.717, 1.165) is 32.8 Å². The van der Waals surface area contributed by atoms with Gasteiger partial charge in [0, 0.05) is 37.1 Å². The fourth-order valence-corrected chi connectivity index (χ4v) is 3.83. The fraction of sp³-hybridized carbons (Fsp3) is 0.158. The van der Waals surface area contributed by atoms with Crippen LogP contribution in [0.2, 0.25) is 0 Å². The molecule has 7 heteroatoms. The number of nitrogens with zero attached hydrogens (tertiary/aromatic N) is 3. The first kappa shape index (κ1) is 16.4. The number of aromatic nitrogens is 1. The van der Waals surface area contributed by atoms with E-state index < -0.39 is 5.92 Å². The monoisotopic (exact) mass is 364 g/mol. The minimum Gasteiger partial charge on any atom is -0.325 e. The summed E-state index contributed by atoms with van der Waals surface area (Å²) in [7, 11) is 1.72. The van der Waals surface area contributed by atoms with Crippen LogP contribution in [0.5, 0.6) is 0 Å². The number of hydrogen-bond acceptors (Lipinski definition) is 5. The number of amides is 2. The van der Waals surface area contributed by atoms with Crippen LogP contribution in [0.3, 0.4) is 0 Å². The van der Waals surface area contributed by atoms with Crippen LogP contribution in [0.15, 0.2) is 46.9 Å². The molecule has 2 heterocycles. The molecule has 2 amide bonds. The Bertz CT molecular complexity index is 1040. The van der Waals surface area contributed by atoms with E-state index in [1.165, 1.54) is 18.3 Å². The summed E-state index contributed by atoms with van der Waals surface area (Å²) >= 11 is 1.53. The van der Waals surface area contributed by atoms with Crippen LogP contribution in [-0.2, 0) is 9.59 Å². The summed E-state index contributed by atoms with van der Waals surface area (Å²) in [6.45, 7) is 1.52. The van der Waals surface area contributed by atoms with Crippen LogP contribution in [-0.4, -0.2) is 30.1 Å². The predicted octanol–water partition coefficient (Wildman–Crippen LogP) is 3.72. The highest BCUT2D eigenvalue weighted by atomic mass is 32.1. The lowest BCUT2D eigenvalue weighted by atomic mass is 10.0. The van der Waals surface area contributed by atoms with Gasteiger partial charge in [-0.2, -0.15) is 0 Å². The molecule has 6 nitrogen and oxygen atoms in total. The fourth-order valence-electron chi connectivity index (χ4n) is 2.96. The summed E-state index contributed by atoms with van der Waals surface area (Å²) in [5.74, 6) is -0.555. The summed E-state index contributed by atoms with van der Waals surface area (Å²) in [4.78, 5) is 34.1. The Balaban J connectivity index is 1.63. The van der Waals surface area contributed by atoms with Crippen LogP contribution in [0, 0.1) is 0 Å². The second-order valence-corrected chi connectivity index (χ2v) is 6.92. The van der Waals surface area contributed by atoms with Gasteiger partial charge in [0.1, 0.15) is 5.92 Å². The maximum absolute atomic E-state index is 12.4. The Labute approximate surface area is 154 Å². The van der Waals surface area contributed by atoms with Gasteiger partial charge in [-0.05, 0) is 36.4 Å². The van der Waals surface area contributed by atoms with Crippen LogP contribution in [0.25, 0.3) is 10.2 Å². The Morgan fingerprint density at radius 1 is 1.27 bits per heavy atom. The molecule has 1 unspecified atom stereocenters. The van der Waals surface area contributed by atoms with Gasteiger partial charge >= 0.3 is 0 Å². The molecule has 0 radical (unpaired) electrons. The average Bonchev–Trinajstić information content (AvgIpc) is 3.23. The Morgan fingerprint density at radius 3 is 2.77 bits per heavy atom. The number of benzene rings is 2.